The summed E-state index contributed by atoms with van der Waals surface area (Å²) < 4.78 is 10.9. The van der Waals surface area contributed by atoms with Crippen molar-refractivity contribution in [3.05, 3.63) is 29.8 Å². The van der Waals surface area contributed by atoms with E-state index in [9.17, 15) is 0 Å². The molecular formula is C14H21NO2. The second-order valence-corrected chi connectivity index (χ2v) is 4.80. The first kappa shape index (κ1) is 12.4. The highest BCUT2D eigenvalue weighted by Crippen LogP contribution is 2.19. The topological polar surface area (TPSA) is 30.5 Å². The maximum Gasteiger partial charge on any atom is 0.119 e. The third-order valence-corrected chi connectivity index (χ3v) is 3.15. The van der Waals surface area contributed by atoms with E-state index in [4.69, 9.17) is 9.47 Å². The van der Waals surface area contributed by atoms with E-state index in [-0.39, 0.29) is 5.54 Å². The lowest BCUT2D eigenvalue weighted by molar-refractivity contribution is 0.171. The van der Waals surface area contributed by atoms with Gasteiger partial charge in [0.05, 0.1) is 13.2 Å². The molecule has 17 heavy (non-hydrogen) atoms. The van der Waals surface area contributed by atoms with E-state index >= 15 is 0 Å². The van der Waals surface area contributed by atoms with E-state index in [2.05, 4.69) is 24.4 Å². The molecule has 0 saturated carbocycles. The van der Waals surface area contributed by atoms with Crippen LogP contribution < -0.4 is 10.1 Å². The van der Waals surface area contributed by atoms with Crippen LogP contribution in [0.3, 0.4) is 0 Å². The lowest BCUT2D eigenvalue weighted by Crippen LogP contribution is -2.42. The van der Waals surface area contributed by atoms with E-state index in [1.165, 1.54) is 5.56 Å². The number of nitrogens with one attached hydrogen (secondary N) is 1. The highest BCUT2D eigenvalue weighted by molar-refractivity contribution is 5.28. The monoisotopic (exact) mass is 235 g/mol. The van der Waals surface area contributed by atoms with Gasteiger partial charge in [0, 0.05) is 18.7 Å². The Kier molecular flexibility index (Phi) is 4.02. The van der Waals surface area contributed by atoms with Crippen LogP contribution in [0.25, 0.3) is 0 Å². The number of hydrogen-bond acceptors (Lipinski definition) is 3. The van der Waals surface area contributed by atoms with Crippen molar-refractivity contribution in [3.63, 3.8) is 0 Å². The Bertz CT molecular complexity index is 359. The Morgan fingerprint density at radius 3 is 3.06 bits per heavy atom. The molecule has 0 amide bonds. The molecule has 1 heterocycles. The molecule has 1 aliphatic rings. The van der Waals surface area contributed by atoms with Gasteiger partial charge in [-0.3, -0.25) is 0 Å². The Hall–Kier alpha value is -1.06. The maximum absolute atomic E-state index is 5.49. The smallest absolute Gasteiger partial charge is 0.119 e. The first-order valence-electron chi connectivity index (χ1n) is 6.26. The predicted octanol–water partition coefficient (Wildman–Crippen LogP) is 2.35. The third kappa shape index (κ3) is 3.45. The zero-order valence-corrected chi connectivity index (χ0v) is 10.7. The van der Waals surface area contributed by atoms with Crippen molar-refractivity contribution in [2.75, 3.05) is 19.8 Å². The Balaban J connectivity index is 1.91. The highest BCUT2D eigenvalue weighted by atomic mass is 16.5. The van der Waals surface area contributed by atoms with Gasteiger partial charge in [0.1, 0.15) is 5.75 Å². The summed E-state index contributed by atoms with van der Waals surface area (Å²) >= 11 is 0. The molecule has 1 unspecified atom stereocenters. The van der Waals surface area contributed by atoms with Gasteiger partial charge in [-0.05, 0) is 38.0 Å². The van der Waals surface area contributed by atoms with Crippen LogP contribution in [0.1, 0.15) is 25.8 Å². The van der Waals surface area contributed by atoms with E-state index in [1.807, 2.05) is 19.1 Å². The van der Waals surface area contributed by atoms with Crippen LogP contribution in [-0.4, -0.2) is 25.4 Å². The molecule has 3 heteroatoms. The van der Waals surface area contributed by atoms with Crippen molar-refractivity contribution in [2.24, 2.45) is 0 Å². The fraction of sp³-hybridized carbons (Fsp3) is 0.571. The average molecular weight is 235 g/mol. The molecule has 94 valence electrons. The number of rotatable bonds is 5. The van der Waals surface area contributed by atoms with Gasteiger partial charge in [-0.2, -0.15) is 0 Å². The fourth-order valence-corrected chi connectivity index (χ4v) is 2.03. The Labute approximate surface area is 103 Å². The van der Waals surface area contributed by atoms with Crippen molar-refractivity contribution >= 4 is 0 Å². The quantitative estimate of drug-likeness (QED) is 0.850. The second kappa shape index (κ2) is 5.52. The van der Waals surface area contributed by atoms with E-state index < -0.39 is 0 Å². The van der Waals surface area contributed by atoms with Crippen LogP contribution in [-0.2, 0) is 11.3 Å². The summed E-state index contributed by atoms with van der Waals surface area (Å²) in [6.07, 6.45) is 1.08. The maximum atomic E-state index is 5.49. The number of ether oxygens (including phenoxy) is 2. The molecule has 2 rings (SSSR count). The Morgan fingerprint density at radius 1 is 1.47 bits per heavy atom. The van der Waals surface area contributed by atoms with Crippen LogP contribution in [0.15, 0.2) is 24.3 Å². The van der Waals surface area contributed by atoms with Gasteiger partial charge in [0.25, 0.3) is 0 Å². The van der Waals surface area contributed by atoms with Gasteiger partial charge in [0.15, 0.2) is 0 Å². The van der Waals surface area contributed by atoms with Gasteiger partial charge in [-0.15, -0.1) is 0 Å². The van der Waals surface area contributed by atoms with Crippen LogP contribution in [0, 0.1) is 0 Å². The van der Waals surface area contributed by atoms with Gasteiger partial charge < -0.3 is 14.8 Å². The van der Waals surface area contributed by atoms with E-state index in [0.29, 0.717) is 6.61 Å². The zero-order chi connectivity index (χ0) is 12.1. The normalized spacial score (nSPS) is 23.9. The molecule has 1 aromatic carbocycles. The minimum atomic E-state index is 0.127. The number of benzene rings is 1. The largest absolute Gasteiger partial charge is 0.494 e. The van der Waals surface area contributed by atoms with Gasteiger partial charge in [-0.25, -0.2) is 0 Å². The minimum absolute atomic E-state index is 0.127. The molecule has 1 saturated heterocycles. The lowest BCUT2D eigenvalue weighted by Gasteiger charge is -2.23. The van der Waals surface area contributed by atoms with Crippen LogP contribution in [0.2, 0.25) is 0 Å². The molecule has 0 bridgehead atoms. The highest BCUT2D eigenvalue weighted by Gasteiger charge is 2.28. The van der Waals surface area contributed by atoms with Crippen LogP contribution in [0.4, 0.5) is 0 Å². The summed E-state index contributed by atoms with van der Waals surface area (Å²) in [7, 11) is 0. The van der Waals surface area contributed by atoms with Crippen LogP contribution >= 0.6 is 0 Å². The summed E-state index contributed by atoms with van der Waals surface area (Å²) in [5.41, 5.74) is 1.38. The molecule has 1 N–H and O–H groups in total. The lowest BCUT2D eigenvalue weighted by atomic mass is 10.0. The number of hydrogen-bond donors (Lipinski definition) is 1. The van der Waals surface area contributed by atoms with Gasteiger partial charge >= 0.3 is 0 Å². The van der Waals surface area contributed by atoms with Crippen LogP contribution in [0.5, 0.6) is 5.75 Å². The van der Waals surface area contributed by atoms with Crippen molar-refractivity contribution in [1.29, 1.82) is 0 Å². The Morgan fingerprint density at radius 2 is 2.35 bits per heavy atom. The predicted molar refractivity (Wildman–Crippen MR) is 68.3 cm³/mol. The summed E-state index contributed by atoms with van der Waals surface area (Å²) in [5, 5.41) is 3.56. The third-order valence-electron chi connectivity index (χ3n) is 3.15. The minimum Gasteiger partial charge on any atom is -0.494 e. The van der Waals surface area contributed by atoms with E-state index in [0.717, 1.165) is 31.9 Å². The first-order chi connectivity index (χ1) is 8.22. The molecule has 1 aromatic rings. The standard InChI is InChI=1S/C14H21NO2/c1-3-17-13-6-4-5-12(9-13)10-15-14(2)7-8-16-11-14/h4-6,9,15H,3,7-8,10-11H2,1-2H3. The SMILES string of the molecule is CCOc1cccc(CNC2(C)CCOC2)c1. The molecule has 3 nitrogen and oxygen atoms in total. The first-order valence-corrected chi connectivity index (χ1v) is 6.26. The summed E-state index contributed by atoms with van der Waals surface area (Å²) in [5.74, 6) is 0.944. The average Bonchev–Trinajstić information content (AvgIpc) is 2.76. The molecule has 0 aliphatic carbocycles. The summed E-state index contributed by atoms with van der Waals surface area (Å²) in [4.78, 5) is 0. The second-order valence-electron chi connectivity index (χ2n) is 4.80. The molecule has 1 fully saturated rings. The fourth-order valence-electron chi connectivity index (χ4n) is 2.03. The van der Waals surface area contributed by atoms with E-state index in [1.54, 1.807) is 0 Å². The van der Waals surface area contributed by atoms with Gasteiger partial charge in [-0.1, -0.05) is 12.1 Å². The molecule has 0 aromatic heterocycles. The zero-order valence-electron chi connectivity index (χ0n) is 10.7. The van der Waals surface area contributed by atoms with Crippen molar-refractivity contribution < 1.29 is 9.47 Å². The van der Waals surface area contributed by atoms with Crippen molar-refractivity contribution in [1.82, 2.24) is 5.32 Å². The summed E-state index contributed by atoms with van der Waals surface area (Å²) in [6.45, 7) is 7.46. The molecule has 0 spiro atoms. The molecule has 1 aliphatic heterocycles. The van der Waals surface area contributed by atoms with Crippen molar-refractivity contribution in [2.45, 2.75) is 32.4 Å². The van der Waals surface area contributed by atoms with Crippen molar-refractivity contribution in [3.8, 4) is 5.75 Å². The molecule has 0 radical (unpaired) electrons. The molecule has 1 atom stereocenters. The van der Waals surface area contributed by atoms with Gasteiger partial charge in [0.2, 0.25) is 0 Å². The molecular weight excluding hydrogens is 214 g/mol. The summed E-state index contributed by atoms with van der Waals surface area (Å²) in [6, 6.07) is 8.24.